The number of halogens is 2. The lowest BCUT2D eigenvalue weighted by Crippen LogP contribution is -2.54. The standard InChI is InChI=1S/C25H18Br2N2O6S/c1-14-3-7-19(8-4-14)36(33,34)35-22-10-6-18(27)12-16(22)13-20-23(30)28-25(32)29(24(20)31)21-9-5-17(26)11-15(21)2/h3-13H,1-2H3,(H,28,30,32)/b20-13-. The summed E-state index contributed by atoms with van der Waals surface area (Å²) in [5, 5.41) is 2.16. The van der Waals surface area contributed by atoms with E-state index in [9.17, 15) is 22.8 Å². The molecule has 0 atom stereocenters. The number of anilines is 1. The van der Waals surface area contributed by atoms with Crippen molar-refractivity contribution in [2.45, 2.75) is 18.7 Å². The zero-order chi connectivity index (χ0) is 26.2. The summed E-state index contributed by atoms with van der Waals surface area (Å²) in [5.41, 5.74) is 1.57. The van der Waals surface area contributed by atoms with Gasteiger partial charge >= 0.3 is 16.1 Å². The molecular formula is C25H18Br2N2O6S. The van der Waals surface area contributed by atoms with Crippen molar-refractivity contribution < 1.29 is 27.0 Å². The molecule has 3 aromatic rings. The fourth-order valence-electron chi connectivity index (χ4n) is 3.48. The lowest BCUT2D eigenvalue weighted by Gasteiger charge is -2.27. The van der Waals surface area contributed by atoms with Gasteiger partial charge in [0.1, 0.15) is 16.2 Å². The van der Waals surface area contributed by atoms with Crippen LogP contribution in [0.25, 0.3) is 6.08 Å². The Bertz CT molecular complexity index is 1550. The van der Waals surface area contributed by atoms with Gasteiger partial charge in [-0.1, -0.05) is 49.6 Å². The number of carbonyl (C=O) groups is 3. The molecule has 4 amide bonds. The molecule has 36 heavy (non-hydrogen) atoms. The maximum atomic E-state index is 13.3. The second-order valence-electron chi connectivity index (χ2n) is 7.92. The van der Waals surface area contributed by atoms with Crippen LogP contribution >= 0.6 is 31.9 Å². The molecule has 0 spiro atoms. The minimum absolute atomic E-state index is 0.0522. The Morgan fingerprint density at radius 2 is 1.53 bits per heavy atom. The van der Waals surface area contributed by atoms with Crippen LogP contribution in [0.3, 0.4) is 0 Å². The Kier molecular flexibility index (Phi) is 7.17. The Hall–Kier alpha value is -3.28. The summed E-state index contributed by atoms with van der Waals surface area (Å²) in [6.45, 7) is 3.54. The third kappa shape index (κ3) is 5.28. The van der Waals surface area contributed by atoms with Gasteiger partial charge in [-0.2, -0.15) is 8.42 Å². The van der Waals surface area contributed by atoms with Crippen molar-refractivity contribution in [2.24, 2.45) is 0 Å². The van der Waals surface area contributed by atoms with Crippen molar-refractivity contribution in [3.05, 3.63) is 91.9 Å². The van der Waals surface area contributed by atoms with Gasteiger partial charge in [0.05, 0.1) is 5.69 Å². The van der Waals surface area contributed by atoms with Gasteiger partial charge in [0.2, 0.25) is 0 Å². The number of hydrogen-bond acceptors (Lipinski definition) is 6. The number of amides is 4. The Morgan fingerprint density at radius 3 is 2.19 bits per heavy atom. The number of barbiturate groups is 1. The van der Waals surface area contributed by atoms with E-state index in [1.54, 1.807) is 43.3 Å². The zero-order valence-corrected chi connectivity index (χ0v) is 22.9. The van der Waals surface area contributed by atoms with Crippen LogP contribution in [0.4, 0.5) is 10.5 Å². The van der Waals surface area contributed by atoms with Gasteiger partial charge in [-0.05, 0) is 74.0 Å². The number of rotatable bonds is 5. The van der Waals surface area contributed by atoms with Crippen molar-refractivity contribution in [1.29, 1.82) is 0 Å². The fourth-order valence-corrected chi connectivity index (χ4v) is 5.29. The zero-order valence-electron chi connectivity index (χ0n) is 18.9. The maximum absolute atomic E-state index is 13.3. The molecule has 8 nitrogen and oxygen atoms in total. The lowest BCUT2D eigenvalue weighted by molar-refractivity contribution is -0.122. The Labute approximate surface area is 224 Å². The minimum atomic E-state index is -4.20. The van der Waals surface area contributed by atoms with Crippen LogP contribution in [0.5, 0.6) is 5.75 Å². The highest BCUT2D eigenvalue weighted by atomic mass is 79.9. The van der Waals surface area contributed by atoms with Crippen molar-refractivity contribution >= 4 is 71.6 Å². The second-order valence-corrected chi connectivity index (χ2v) is 11.3. The molecule has 1 saturated heterocycles. The molecule has 1 fully saturated rings. The van der Waals surface area contributed by atoms with Crippen LogP contribution in [0.2, 0.25) is 0 Å². The molecule has 4 rings (SSSR count). The minimum Gasteiger partial charge on any atom is -0.378 e. The summed E-state index contributed by atoms with van der Waals surface area (Å²) >= 11 is 6.65. The van der Waals surface area contributed by atoms with Gasteiger partial charge in [-0.3, -0.25) is 14.9 Å². The number of urea groups is 1. The second kappa shape index (κ2) is 10.00. The van der Waals surface area contributed by atoms with E-state index in [0.717, 1.165) is 14.9 Å². The number of aryl methyl sites for hydroxylation is 2. The molecule has 0 radical (unpaired) electrons. The predicted octanol–water partition coefficient (Wildman–Crippen LogP) is 5.26. The number of carbonyl (C=O) groups excluding carboxylic acids is 3. The topological polar surface area (TPSA) is 110 Å². The van der Waals surface area contributed by atoms with Crippen LogP contribution < -0.4 is 14.4 Å². The molecule has 3 aromatic carbocycles. The van der Waals surface area contributed by atoms with Crippen LogP contribution in [-0.2, 0) is 19.7 Å². The molecule has 1 N–H and O–H groups in total. The van der Waals surface area contributed by atoms with Crippen molar-refractivity contribution in [3.63, 3.8) is 0 Å². The summed E-state index contributed by atoms with van der Waals surface area (Å²) in [6.07, 6.45) is 1.19. The largest absolute Gasteiger partial charge is 0.378 e. The van der Waals surface area contributed by atoms with Gasteiger partial charge in [-0.15, -0.1) is 0 Å². The smallest absolute Gasteiger partial charge is 0.339 e. The molecule has 11 heteroatoms. The Balaban J connectivity index is 1.76. The van der Waals surface area contributed by atoms with E-state index in [-0.39, 0.29) is 21.8 Å². The van der Waals surface area contributed by atoms with Gasteiger partial charge in [-0.25, -0.2) is 9.69 Å². The van der Waals surface area contributed by atoms with E-state index >= 15 is 0 Å². The monoisotopic (exact) mass is 632 g/mol. The summed E-state index contributed by atoms with van der Waals surface area (Å²) in [6, 6.07) is 14.7. The van der Waals surface area contributed by atoms with E-state index < -0.39 is 28.0 Å². The molecule has 0 saturated carbocycles. The fraction of sp³-hybridized carbons (Fsp3) is 0.0800. The van der Waals surface area contributed by atoms with Gasteiger partial charge in [0.15, 0.2) is 0 Å². The maximum Gasteiger partial charge on any atom is 0.339 e. The van der Waals surface area contributed by atoms with E-state index in [4.69, 9.17) is 4.18 Å². The molecular weight excluding hydrogens is 616 g/mol. The highest BCUT2D eigenvalue weighted by molar-refractivity contribution is 9.10. The van der Waals surface area contributed by atoms with Crippen LogP contribution in [0.15, 0.2) is 80.1 Å². The van der Waals surface area contributed by atoms with Gasteiger partial charge < -0.3 is 4.18 Å². The number of nitrogens with zero attached hydrogens (tertiary/aromatic N) is 1. The third-order valence-corrected chi connectivity index (χ3v) is 7.52. The van der Waals surface area contributed by atoms with Gasteiger partial charge in [0.25, 0.3) is 11.8 Å². The predicted molar refractivity (Wildman–Crippen MR) is 141 cm³/mol. The van der Waals surface area contributed by atoms with Crippen LogP contribution in [0.1, 0.15) is 16.7 Å². The molecule has 1 heterocycles. The molecule has 1 aliphatic heterocycles. The molecule has 0 aromatic heterocycles. The highest BCUT2D eigenvalue weighted by Crippen LogP contribution is 2.31. The first-order valence-electron chi connectivity index (χ1n) is 10.4. The number of imide groups is 2. The lowest BCUT2D eigenvalue weighted by atomic mass is 10.1. The van der Waals surface area contributed by atoms with E-state index in [1.165, 1.54) is 30.3 Å². The average Bonchev–Trinajstić information content (AvgIpc) is 2.79. The quantitative estimate of drug-likeness (QED) is 0.233. The summed E-state index contributed by atoms with van der Waals surface area (Å²) < 4.78 is 32.4. The van der Waals surface area contributed by atoms with Crippen molar-refractivity contribution in [3.8, 4) is 5.75 Å². The molecule has 184 valence electrons. The third-order valence-electron chi connectivity index (χ3n) is 5.28. The molecule has 0 bridgehead atoms. The first-order chi connectivity index (χ1) is 17.0. The summed E-state index contributed by atoms with van der Waals surface area (Å²) in [7, 11) is -4.20. The van der Waals surface area contributed by atoms with Crippen LogP contribution in [0, 0.1) is 13.8 Å². The highest BCUT2D eigenvalue weighted by Gasteiger charge is 2.37. The van der Waals surface area contributed by atoms with Gasteiger partial charge in [0, 0.05) is 14.5 Å². The Morgan fingerprint density at radius 1 is 0.889 bits per heavy atom. The van der Waals surface area contributed by atoms with Crippen LogP contribution in [-0.4, -0.2) is 26.3 Å². The molecule has 0 unspecified atom stereocenters. The summed E-state index contributed by atoms with van der Waals surface area (Å²) in [5.74, 6) is -1.88. The normalized spacial score (nSPS) is 15.3. The van der Waals surface area contributed by atoms with E-state index in [0.29, 0.717) is 15.7 Å². The SMILES string of the molecule is Cc1ccc(S(=O)(=O)Oc2ccc(Br)cc2/C=C2/C(=O)NC(=O)N(c3ccc(Br)cc3C)C2=O)cc1. The van der Waals surface area contributed by atoms with E-state index in [2.05, 4.69) is 37.2 Å². The molecule has 1 aliphatic rings. The van der Waals surface area contributed by atoms with Crippen molar-refractivity contribution in [2.75, 3.05) is 4.90 Å². The average molecular weight is 634 g/mol. The first kappa shape index (κ1) is 25.8. The number of benzene rings is 3. The van der Waals surface area contributed by atoms with Crippen molar-refractivity contribution in [1.82, 2.24) is 5.32 Å². The number of hydrogen-bond donors (Lipinski definition) is 1. The molecule has 0 aliphatic carbocycles. The summed E-state index contributed by atoms with van der Waals surface area (Å²) in [4.78, 5) is 39.3. The van der Waals surface area contributed by atoms with E-state index in [1.807, 2.05) is 6.92 Å². The number of nitrogens with one attached hydrogen (secondary N) is 1. The first-order valence-corrected chi connectivity index (χ1v) is 13.4.